The fourth-order valence-electron chi connectivity index (χ4n) is 3.50. The van der Waals surface area contributed by atoms with Gasteiger partial charge in [-0.3, -0.25) is 24.6 Å². The molecule has 172 valence electrons. The molecule has 1 heterocycles. The number of imide groups is 1. The van der Waals surface area contributed by atoms with E-state index in [1.807, 2.05) is 13.8 Å². The number of hydrogen-bond acceptors (Lipinski definition) is 7. The van der Waals surface area contributed by atoms with Crippen molar-refractivity contribution in [3.8, 4) is 11.5 Å². The lowest BCUT2D eigenvalue weighted by atomic mass is 10.0. The number of carbonyl (C=O) groups excluding carboxylic acids is 3. The summed E-state index contributed by atoms with van der Waals surface area (Å²) in [6.45, 7) is 3.73. The first-order valence-electron chi connectivity index (χ1n) is 10.0. The van der Waals surface area contributed by atoms with Gasteiger partial charge in [-0.25, -0.2) is 4.79 Å². The molecule has 0 spiro atoms. The molecule has 0 bridgehead atoms. The molecule has 10 heteroatoms. The lowest BCUT2D eigenvalue weighted by Gasteiger charge is -2.26. The molecule has 3 rings (SSSR count). The minimum atomic E-state index is -1.15. The molecule has 9 nitrogen and oxygen atoms in total. The van der Waals surface area contributed by atoms with Crippen LogP contribution in [0.4, 0.5) is 0 Å². The average Bonchev–Trinajstić information content (AvgIpc) is 3.02. The molecule has 0 fully saturated rings. The van der Waals surface area contributed by atoms with Crippen LogP contribution in [0.3, 0.4) is 0 Å². The Balaban J connectivity index is 1.94. The highest BCUT2D eigenvalue weighted by molar-refractivity contribution is 9.10. The summed E-state index contributed by atoms with van der Waals surface area (Å²) < 4.78 is 11.2. The number of nitro groups is 1. The van der Waals surface area contributed by atoms with Crippen molar-refractivity contribution in [1.29, 1.82) is 0 Å². The molecular weight excluding hydrogens is 496 g/mol. The van der Waals surface area contributed by atoms with E-state index in [0.717, 1.165) is 11.1 Å². The SMILES string of the molecule is COc1cc(C=C[N+](=O)[O-])cc(Br)c1OC(=O)C(CC(C)C)N1C(=O)c2ccccc2C1=O. The van der Waals surface area contributed by atoms with Gasteiger partial charge in [-0.1, -0.05) is 26.0 Å². The zero-order chi connectivity index (χ0) is 24.3. The van der Waals surface area contributed by atoms with Crippen molar-refractivity contribution >= 4 is 39.8 Å². The maximum atomic E-state index is 13.2. The van der Waals surface area contributed by atoms with Gasteiger partial charge < -0.3 is 9.47 Å². The Kier molecular flexibility index (Phi) is 7.27. The average molecular weight is 517 g/mol. The van der Waals surface area contributed by atoms with Gasteiger partial charge in [0.1, 0.15) is 6.04 Å². The molecule has 1 aliphatic rings. The van der Waals surface area contributed by atoms with Crippen molar-refractivity contribution in [1.82, 2.24) is 4.90 Å². The van der Waals surface area contributed by atoms with E-state index in [2.05, 4.69) is 15.9 Å². The Labute approximate surface area is 198 Å². The number of halogens is 1. The quantitative estimate of drug-likeness (QED) is 0.168. The van der Waals surface area contributed by atoms with Crippen LogP contribution in [-0.4, -0.2) is 40.8 Å². The zero-order valence-electron chi connectivity index (χ0n) is 18.1. The first-order chi connectivity index (χ1) is 15.6. The third-order valence-electron chi connectivity index (χ3n) is 4.95. The largest absolute Gasteiger partial charge is 0.493 e. The normalized spacial score (nSPS) is 14.0. The second-order valence-electron chi connectivity index (χ2n) is 7.73. The molecular formula is C23H21BrN2O7. The van der Waals surface area contributed by atoms with Crippen LogP contribution in [0, 0.1) is 16.0 Å². The van der Waals surface area contributed by atoms with Crippen molar-refractivity contribution in [2.24, 2.45) is 5.92 Å². The lowest BCUT2D eigenvalue weighted by Crippen LogP contribution is -2.47. The van der Waals surface area contributed by atoms with Crippen molar-refractivity contribution in [3.05, 3.63) is 73.9 Å². The predicted octanol–water partition coefficient (Wildman–Crippen LogP) is 4.32. The van der Waals surface area contributed by atoms with Gasteiger partial charge in [0.2, 0.25) is 6.20 Å². The Bertz CT molecular complexity index is 1120. The molecule has 0 aromatic heterocycles. The van der Waals surface area contributed by atoms with E-state index < -0.39 is 28.7 Å². The highest BCUT2D eigenvalue weighted by Gasteiger charge is 2.43. The van der Waals surface area contributed by atoms with E-state index in [0.29, 0.717) is 10.0 Å². The van der Waals surface area contributed by atoms with Gasteiger partial charge in [0.25, 0.3) is 11.8 Å². The Morgan fingerprint density at radius 2 is 1.79 bits per heavy atom. The molecule has 0 saturated carbocycles. The number of rotatable bonds is 8. The Hall–Kier alpha value is -3.53. The third kappa shape index (κ3) is 5.11. The second kappa shape index (κ2) is 9.95. The number of ether oxygens (including phenoxy) is 2. The summed E-state index contributed by atoms with van der Waals surface area (Å²) in [5, 5.41) is 10.6. The van der Waals surface area contributed by atoms with Crippen molar-refractivity contribution < 1.29 is 28.8 Å². The zero-order valence-corrected chi connectivity index (χ0v) is 19.7. The number of esters is 1. The topological polar surface area (TPSA) is 116 Å². The minimum Gasteiger partial charge on any atom is -0.493 e. The molecule has 0 N–H and O–H groups in total. The van der Waals surface area contributed by atoms with Crippen LogP contribution in [0.1, 0.15) is 46.5 Å². The van der Waals surface area contributed by atoms with Gasteiger partial charge in [0.15, 0.2) is 11.5 Å². The van der Waals surface area contributed by atoms with Crippen LogP contribution in [0.25, 0.3) is 6.08 Å². The summed E-state index contributed by atoms with van der Waals surface area (Å²) >= 11 is 3.30. The fourth-order valence-corrected chi connectivity index (χ4v) is 4.04. The number of amides is 2. The fraction of sp³-hybridized carbons (Fsp3) is 0.261. The molecule has 1 atom stereocenters. The van der Waals surface area contributed by atoms with E-state index in [-0.39, 0.29) is 35.0 Å². The summed E-state index contributed by atoms with van der Waals surface area (Å²) in [5.41, 5.74) is 0.920. The molecule has 33 heavy (non-hydrogen) atoms. The van der Waals surface area contributed by atoms with Crippen LogP contribution < -0.4 is 9.47 Å². The Morgan fingerprint density at radius 3 is 2.30 bits per heavy atom. The number of benzene rings is 2. The Morgan fingerprint density at radius 1 is 1.18 bits per heavy atom. The number of carbonyl (C=O) groups is 3. The lowest BCUT2D eigenvalue weighted by molar-refractivity contribution is -0.400. The highest BCUT2D eigenvalue weighted by atomic mass is 79.9. The maximum Gasteiger partial charge on any atom is 0.334 e. The van der Waals surface area contributed by atoms with E-state index in [4.69, 9.17) is 9.47 Å². The molecule has 0 radical (unpaired) electrons. The first kappa shape index (κ1) is 24.1. The summed E-state index contributed by atoms with van der Waals surface area (Å²) in [6.07, 6.45) is 2.24. The maximum absolute atomic E-state index is 13.2. The number of hydrogen-bond donors (Lipinski definition) is 0. The van der Waals surface area contributed by atoms with Gasteiger partial charge in [0, 0.05) is 6.08 Å². The molecule has 2 aromatic carbocycles. The number of fused-ring (bicyclic) bond motifs is 1. The smallest absolute Gasteiger partial charge is 0.334 e. The molecule has 0 saturated heterocycles. The summed E-state index contributed by atoms with van der Waals surface area (Å²) in [7, 11) is 1.36. The first-order valence-corrected chi connectivity index (χ1v) is 10.8. The number of nitrogens with zero attached hydrogens (tertiary/aromatic N) is 2. The summed E-state index contributed by atoms with van der Waals surface area (Å²) in [4.78, 5) is 50.1. The van der Waals surface area contributed by atoms with Gasteiger partial charge in [-0.05, 0) is 58.1 Å². The van der Waals surface area contributed by atoms with E-state index >= 15 is 0 Å². The van der Waals surface area contributed by atoms with Crippen LogP contribution in [0.5, 0.6) is 11.5 Å². The van der Waals surface area contributed by atoms with Crippen LogP contribution in [-0.2, 0) is 4.79 Å². The standard InChI is InChI=1S/C23H21BrN2O7/c1-13(2)10-18(26-21(27)15-6-4-5-7-16(15)22(26)28)23(29)33-20-17(24)11-14(8-9-25(30)31)12-19(20)32-3/h4-9,11-13,18H,10H2,1-3H3. The second-order valence-corrected chi connectivity index (χ2v) is 8.58. The monoisotopic (exact) mass is 516 g/mol. The van der Waals surface area contributed by atoms with Crippen molar-refractivity contribution in [3.63, 3.8) is 0 Å². The van der Waals surface area contributed by atoms with Crippen molar-refractivity contribution in [2.45, 2.75) is 26.3 Å². The minimum absolute atomic E-state index is 0.0214. The van der Waals surface area contributed by atoms with E-state index in [1.165, 1.54) is 25.3 Å². The van der Waals surface area contributed by atoms with Crippen LogP contribution >= 0.6 is 15.9 Å². The van der Waals surface area contributed by atoms with Gasteiger partial charge in [-0.15, -0.1) is 0 Å². The van der Waals surface area contributed by atoms with Gasteiger partial charge in [0.05, 0.1) is 27.6 Å². The molecule has 2 aromatic rings. The van der Waals surface area contributed by atoms with Gasteiger partial charge >= 0.3 is 5.97 Å². The summed E-state index contributed by atoms with van der Waals surface area (Å²) in [5.74, 6) is -1.75. The molecule has 0 aliphatic carbocycles. The third-order valence-corrected chi connectivity index (χ3v) is 5.54. The van der Waals surface area contributed by atoms with E-state index in [9.17, 15) is 24.5 Å². The van der Waals surface area contributed by atoms with E-state index in [1.54, 1.807) is 24.3 Å². The number of methoxy groups -OCH3 is 1. The summed E-state index contributed by atoms with van der Waals surface area (Å²) in [6, 6.07) is 8.23. The molecule has 2 amide bonds. The molecule has 1 aliphatic heterocycles. The molecule has 1 unspecified atom stereocenters. The highest BCUT2D eigenvalue weighted by Crippen LogP contribution is 2.38. The van der Waals surface area contributed by atoms with Crippen molar-refractivity contribution in [2.75, 3.05) is 7.11 Å². The van der Waals surface area contributed by atoms with Gasteiger partial charge in [-0.2, -0.15) is 0 Å². The van der Waals surface area contributed by atoms with Crippen LogP contribution in [0.15, 0.2) is 47.1 Å². The predicted molar refractivity (Wildman–Crippen MR) is 123 cm³/mol. The van der Waals surface area contributed by atoms with Crippen LogP contribution in [0.2, 0.25) is 0 Å².